The maximum absolute atomic E-state index is 13.1. The van der Waals surface area contributed by atoms with Crippen LogP contribution in [0.2, 0.25) is 0 Å². The topological polar surface area (TPSA) is 61.4 Å². The van der Waals surface area contributed by atoms with Crippen molar-refractivity contribution in [2.45, 2.75) is 31.8 Å². The van der Waals surface area contributed by atoms with E-state index < -0.39 is 5.54 Å². The summed E-state index contributed by atoms with van der Waals surface area (Å²) in [5.41, 5.74) is 0.711. The Morgan fingerprint density at radius 2 is 2.19 bits per heavy atom. The Bertz CT molecular complexity index is 597. The number of rotatable bonds is 2. The Morgan fingerprint density at radius 1 is 1.38 bits per heavy atom. The number of carbonyl (C=O) groups is 2. The molecular formula is C15H18FN3O2. The molecule has 1 spiro atoms. The monoisotopic (exact) mass is 291 g/mol. The van der Waals surface area contributed by atoms with E-state index in [1.165, 1.54) is 17.0 Å². The van der Waals surface area contributed by atoms with E-state index in [2.05, 4.69) is 10.6 Å². The Labute approximate surface area is 122 Å². The van der Waals surface area contributed by atoms with Gasteiger partial charge in [0.25, 0.3) is 5.91 Å². The van der Waals surface area contributed by atoms with Crippen LogP contribution in [0.4, 0.5) is 9.18 Å². The van der Waals surface area contributed by atoms with E-state index in [4.69, 9.17) is 0 Å². The number of aryl methyl sites for hydroxylation is 1. The van der Waals surface area contributed by atoms with Crippen LogP contribution in [-0.4, -0.2) is 35.5 Å². The Morgan fingerprint density at radius 3 is 2.86 bits per heavy atom. The van der Waals surface area contributed by atoms with Crippen molar-refractivity contribution in [3.05, 3.63) is 35.1 Å². The van der Waals surface area contributed by atoms with Crippen molar-refractivity contribution >= 4 is 11.9 Å². The number of urea groups is 1. The molecule has 0 bridgehead atoms. The van der Waals surface area contributed by atoms with Gasteiger partial charge in [0.15, 0.2) is 0 Å². The molecular weight excluding hydrogens is 273 g/mol. The van der Waals surface area contributed by atoms with E-state index >= 15 is 0 Å². The molecule has 1 atom stereocenters. The molecule has 0 aromatic heterocycles. The van der Waals surface area contributed by atoms with Crippen molar-refractivity contribution in [1.29, 1.82) is 0 Å². The van der Waals surface area contributed by atoms with Crippen molar-refractivity contribution in [2.75, 3.05) is 13.1 Å². The van der Waals surface area contributed by atoms with Gasteiger partial charge in [-0.15, -0.1) is 0 Å². The van der Waals surface area contributed by atoms with Crippen molar-refractivity contribution < 1.29 is 14.0 Å². The van der Waals surface area contributed by atoms with E-state index in [1.54, 1.807) is 13.0 Å². The third-order valence-electron chi connectivity index (χ3n) is 4.26. The summed E-state index contributed by atoms with van der Waals surface area (Å²) < 4.78 is 13.1. The number of amides is 3. The van der Waals surface area contributed by atoms with Gasteiger partial charge in [-0.1, -0.05) is 6.07 Å². The largest absolute Gasteiger partial charge is 0.325 e. The third-order valence-corrected chi connectivity index (χ3v) is 4.26. The summed E-state index contributed by atoms with van der Waals surface area (Å²) in [5, 5.41) is 5.98. The summed E-state index contributed by atoms with van der Waals surface area (Å²) in [6, 6.07) is 4.01. The molecule has 112 valence electrons. The van der Waals surface area contributed by atoms with Crippen molar-refractivity contribution in [3.8, 4) is 0 Å². The highest BCUT2D eigenvalue weighted by Crippen LogP contribution is 2.26. The van der Waals surface area contributed by atoms with Crippen LogP contribution in [0.3, 0.4) is 0 Å². The fraction of sp³-hybridized carbons (Fsp3) is 0.467. The van der Waals surface area contributed by atoms with Gasteiger partial charge < -0.3 is 10.6 Å². The number of nitrogens with zero attached hydrogens (tertiary/aromatic N) is 1. The van der Waals surface area contributed by atoms with Crippen molar-refractivity contribution in [2.24, 2.45) is 0 Å². The van der Waals surface area contributed by atoms with Gasteiger partial charge in [0.1, 0.15) is 11.4 Å². The van der Waals surface area contributed by atoms with Gasteiger partial charge in [0.05, 0.1) is 6.54 Å². The molecule has 1 unspecified atom stereocenters. The molecule has 21 heavy (non-hydrogen) atoms. The highest BCUT2D eigenvalue weighted by atomic mass is 19.1. The normalized spacial score (nSPS) is 25.5. The van der Waals surface area contributed by atoms with Crippen LogP contribution >= 0.6 is 0 Å². The first kappa shape index (κ1) is 14.0. The molecule has 0 saturated carbocycles. The average Bonchev–Trinajstić information content (AvgIpc) is 2.67. The molecule has 0 aliphatic carbocycles. The SMILES string of the molecule is Cc1cc(F)ccc1CN1C(=O)NC2(CCCNC2)C1=O. The van der Waals surface area contributed by atoms with Crippen LogP contribution in [0, 0.1) is 12.7 Å². The van der Waals surface area contributed by atoms with Crippen LogP contribution in [0.5, 0.6) is 0 Å². The van der Waals surface area contributed by atoms with Gasteiger partial charge in [-0.2, -0.15) is 0 Å². The molecule has 6 heteroatoms. The minimum atomic E-state index is -0.802. The van der Waals surface area contributed by atoms with Crippen LogP contribution in [0.15, 0.2) is 18.2 Å². The first-order chi connectivity index (χ1) is 10.0. The summed E-state index contributed by atoms with van der Waals surface area (Å²) in [6.45, 7) is 3.28. The molecule has 3 amide bonds. The lowest BCUT2D eigenvalue weighted by molar-refractivity contribution is -0.132. The fourth-order valence-corrected chi connectivity index (χ4v) is 3.02. The molecule has 2 heterocycles. The quantitative estimate of drug-likeness (QED) is 0.808. The molecule has 0 radical (unpaired) electrons. The maximum Gasteiger partial charge on any atom is 0.325 e. The fourth-order valence-electron chi connectivity index (χ4n) is 3.02. The van der Waals surface area contributed by atoms with E-state index in [-0.39, 0.29) is 24.3 Å². The zero-order valence-corrected chi connectivity index (χ0v) is 11.9. The number of nitrogens with one attached hydrogen (secondary N) is 2. The highest BCUT2D eigenvalue weighted by molar-refractivity contribution is 6.07. The number of piperidine rings is 1. The van der Waals surface area contributed by atoms with Crippen LogP contribution in [-0.2, 0) is 11.3 Å². The number of hydrogen-bond acceptors (Lipinski definition) is 3. The molecule has 1 aromatic rings. The van der Waals surface area contributed by atoms with E-state index in [1.807, 2.05) is 0 Å². The standard InChI is InChI=1S/C15H18FN3O2/c1-10-7-12(16)4-3-11(10)8-19-13(20)15(18-14(19)21)5-2-6-17-9-15/h3-4,7,17H,2,5-6,8-9H2,1H3,(H,18,21). The summed E-state index contributed by atoms with van der Waals surface area (Å²) in [4.78, 5) is 26.0. The maximum atomic E-state index is 13.1. The van der Waals surface area contributed by atoms with E-state index in [0.717, 1.165) is 24.1 Å². The van der Waals surface area contributed by atoms with E-state index in [0.29, 0.717) is 13.0 Å². The minimum Gasteiger partial charge on any atom is -0.322 e. The van der Waals surface area contributed by atoms with E-state index in [9.17, 15) is 14.0 Å². The third kappa shape index (κ3) is 2.40. The smallest absolute Gasteiger partial charge is 0.322 e. The number of benzene rings is 1. The van der Waals surface area contributed by atoms with Gasteiger partial charge in [0.2, 0.25) is 0 Å². The predicted molar refractivity (Wildman–Crippen MR) is 75.1 cm³/mol. The zero-order chi connectivity index (χ0) is 15.0. The highest BCUT2D eigenvalue weighted by Gasteiger charge is 2.51. The average molecular weight is 291 g/mol. The van der Waals surface area contributed by atoms with Crippen LogP contribution in [0.1, 0.15) is 24.0 Å². The Hall–Kier alpha value is -1.95. The van der Waals surface area contributed by atoms with Gasteiger partial charge in [-0.3, -0.25) is 9.69 Å². The Kier molecular flexibility index (Phi) is 3.41. The first-order valence-electron chi connectivity index (χ1n) is 7.12. The number of imide groups is 1. The minimum absolute atomic E-state index is 0.179. The van der Waals surface area contributed by atoms with Crippen LogP contribution < -0.4 is 10.6 Å². The van der Waals surface area contributed by atoms with Crippen molar-refractivity contribution in [3.63, 3.8) is 0 Å². The molecule has 2 N–H and O–H groups in total. The summed E-state index contributed by atoms with van der Waals surface area (Å²) in [5.74, 6) is -0.509. The predicted octanol–water partition coefficient (Wildman–Crippen LogP) is 1.31. The Balaban J connectivity index is 1.82. The molecule has 2 aliphatic heterocycles. The summed E-state index contributed by atoms with van der Waals surface area (Å²) in [6.07, 6.45) is 1.51. The van der Waals surface area contributed by atoms with Gasteiger partial charge in [-0.05, 0) is 49.6 Å². The number of halogens is 1. The van der Waals surface area contributed by atoms with Crippen LogP contribution in [0.25, 0.3) is 0 Å². The lowest BCUT2D eigenvalue weighted by Gasteiger charge is -2.31. The number of hydrogen-bond donors (Lipinski definition) is 2. The zero-order valence-electron chi connectivity index (χ0n) is 11.9. The second-order valence-electron chi connectivity index (χ2n) is 5.75. The summed E-state index contributed by atoms with van der Waals surface area (Å²) >= 11 is 0. The van der Waals surface area contributed by atoms with Gasteiger partial charge in [0, 0.05) is 6.54 Å². The lowest BCUT2D eigenvalue weighted by Crippen LogP contribution is -2.57. The molecule has 3 rings (SSSR count). The van der Waals surface area contributed by atoms with Gasteiger partial charge in [-0.25, -0.2) is 9.18 Å². The lowest BCUT2D eigenvalue weighted by atomic mass is 9.90. The second-order valence-corrected chi connectivity index (χ2v) is 5.75. The van der Waals surface area contributed by atoms with Gasteiger partial charge >= 0.3 is 6.03 Å². The molecule has 1 aromatic carbocycles. The first-order valence-corrected chi connectivity index (χ1v) is 7.12. The second kappa shape index (κ2) is 5.11. The molecule has 2 aliphatic rings. The van der Waals surface area contributed by atoms with Crippen molar-refractivity contribution in [1.82, 2.24) is 15.5 Å². The summed E-state index contributed by atoms with van der Waals surface area (Å²) in [7, 11) is 0. The molecule has 2 saturated heterocycles. The molecule has 5 nitrogen and oxygen atoms in total. The number of carbonyl (C=O) groups excluding carboxylic acids is 2. The molecule has 2 fully saturated rings.